The number of hydrogen-bond acceptors (Lipinski definition) is 10. The second-order valence-corrected chi connectivity index (χ2v) is 18.1. The molecule has 0 atom stereocenters. The number of nitrogens with zero attached hydrogens (tertiary/aromatic N) is 3. The monoisotopic (exact) mass is 927 g/mol. The number of benzene rings is 4. The molecule has 0 spiro atoms. The van der Waals surface area contributed by atoms with Crippen LogP contribution < -0.4 is 23.8 Å². The summed E-state index contributed by atoms with van der Waals surface area (Å²) in [5.74, 6) is 1.69. The number of fused-ring (bicyclic) bond motifs is 2. The van der Waals surface area contributed by atoms with Crippen molar-refractivity contribution in [2.24, 2.45) is 0 Å². The first kappa shape index (κ1) is 50.3. The van der Waals surface area contributed by atoms with Crippen LogP contribution in [0, 0.1) is 0 Å². The minimum absolute atomic E-state index is 0.305. The number of para-hydroxylation sites is 2. The molecule has 0 N–H and O–H groups in total. The van der Waals surface area contributed by atoms with Gasteiger partial charge in [0.05, 0.1) is 80.3 Å². The van der Waals surface area contributed by atoms with E-state index in [9.17, 15) is 0 Å². The zero-order valence-electron chi connectivity index (χ0n) is 41.6. The molecule has 1 fully saturated rings. The highest BCUT2D eigenvalue weighted by atomic mass is 16.5. The summed E-state index contributed by atoms with van der Waals surface area (Å²) in [5.41, 5.74) is 12.5. The number of hydrogen-bond donors (Lipinski definition) is 0. The van der Waals surface area contributed by atoms with Crippen molar-refractivity contribution in [1.82, 2.24) is 4.58 Å². The van der Waals surface area contributed by atoms with E-state index in [1.807, 2.05) is 0 Å². The molecule has 0 amide bonds. The fourth-order valence-corrected chi connectivity index (χ4v) is 9.53. The Balaban J connectivity index is 1.29. The van der Waals surface area contributed by atoms with Gasteiger partial charge in [-0.1, -0.05) is 76.2 Å². The van der Waals surface area contributed by atoms with E-state index in [-0.39, 0.29) is 10.8 Å². The van der Waals surface area contributed by atoms with E-state index in [1.54, 1.807) is 28.4 Å². The largest absolute Gasteiger partial charge is 0.497 e. The second kappa shape index (κ2) is 24.2. The van der Waals surface area contributed by atoms with E-state index >= 15 is 0 Å². The Morgan fingerprint density at radius 3 is 1.24 bits per heavy atom. The lowest BCUT2D eigenvalue weighted by Gasteiger charge is -2.27. The summed E-state index contributed by atoms with van der Waals surface area (Å²) in [7, 11) is 6.82. The summed E-state index contributed by atoms with van der Waals surface area (Å²) in [6.07, 6.45) is 11.2. The molecule has 362 valence electrons. The summed E-state index contributed by atoms with van der Waals surface area (Å²) >= 11 is 0. The normalized spacial score (nSPS) is 18.3. The van der Waals surface area contributed by atoms with Crippen LogP contribution in [0.2, 0.25) is 0 Å². The van der Waals surface area contributed by atoms with Crippen molar-refractivity contribution in [3.8, 4) is 11.5 Å². The van der Waals surface area contributed by atoms with Crippen LogP contribution in [-0.4, -0.2) is 113 Å². The molecule has 3 aliphatic rings. The molecule has 2 aliphatic heterocycles. The van der Waals surface area contributed by atoms with Gasteiger partial charge in [-0.3, -0.25) is 0 Å². The van der Waals surface area contributed by atoms with E-state index < -0.39 is 0 Å². The molecule has 1 aliphatic carbocycles. The zero-order valence-corrected chi connectivity index (χ0v) is 41.6. The van der Waals surface area contributed by atoms with E-state index in [0.717, 1.165) is 35.7 Å². The fourth-order valence-electron chi connectivity index (χ4n) is 9.53. The van der Waals surface area contributed by atoms with Gasteiger partial charge >= 0.3 is 0 Å². The number of allylic oxidation sites excluding steroid dienone is 8. The highest BCUT2D eigenvalue weighted by molar-refractivity contribution is 6.17. The highest BCUT2D eigenvalue weighted by Gasteiger charge is 2.42. The Morgan fingerprint density at radius 1 is 0.471 bits per heavy atom. The van der Waals surface area contributed by atoms with Gasteiger partial charge in [0, 0.05) is 96.3 Å². The number of anilines is 2. The molecule has 2 heterocycles. The fraction of sp³-hybridized carbons (Fsp3) is 0.421. The van der Waals surface area contributed by atoms with Crippen molar-refractivity contribution in [2.45, 2.75) is 51.4 Å². The summed E-state index contributed by atoms with van der Waals surface area (Å²) in [6.45, 7) is 16.1. The van der Waals surface area contributed by atoms with E-state index in [0.29, 0.717) is 79.2 Å². The van der Waals surface area contributed by atoms with Gasteiger partial charge in [0.1, 0.15) is 11.5 Å². The van der Waals surface area contributed by atoms with Gasteiger partial charge in [0.15, 0.2) is 0 Å². The van der Waals surface area contributed by atoms with Crippen molar-refractivity contribution in [3.63, 3.8) is 0 Å². The number of methoxy groups -OCH3 is 4. The first-order valence-electron chi connectivity index (χ1n) is 24.0. The molecule has 0 bridgehead atoms. The molecule has 1 saturated carbocycles. The van der Waals surface area contributed by atoms with Gasteiger partial charge in [-0.2, -0.15) is 4.58 Å². The standard InChI is InChI=1S/C57H72N3O8/c1-56(2)49-41-47(63-7)23-25-51(49)58(29-31-65-37-39-67-35-33-61-5)53(56)27-21-43-19-20-44(55(43)60(45-15-11-9-12-16-45)46-17-13-10-14-18-46)22-28-54-57(3,4)50-42-48(64-8)24-26-52(50)59(54)30-32-66-38-40-68-36-34-62-6/h9-18,21-28,41-42H,19-20,29-40H2,1-8H3/q+1. The van der Waals surface area contributed by atoms with Gasteiger partial charge in [-0.25, -0.2) is 0 Å². The Bertz CT molecular complexity index is 2270. The Hall–Kier alpha value is -5.53. The third-order valence-electron chi connectivity index (χ3n) is 13.1. The smallest absolute Gasteiger partial charge is 0.218 e. The lowest BCUT2D eigenvalue weighted by Crippen LogP contribution is -2.29. The average molecular weight is 927 g/mol. The summed E-state index contributed by atoms with van der Waals surface area (Å²) in [4.78, 5) is 4.84. The van der Waals surface area contributed by atoms with Crippen molar-refractivity contribution in [2.75, 3.05) is 117 Å². The van der Waals surface area contributed by atoms with Gasteiger partial charge in [0.2, 0.25) is 17.1 Å². The molecule has 11 nitrogen and oxygen atoms in total. The summed E-state index contributed by atoms with van der Waals surface area (Å²) < 4.78 is 47.8. The van der Waals surface area contributed by atoms with E-state index in [1.165, 1.54) is 50.8 Å². The van der Waals surface area contributed by atoms with Gasteiger partial charge < -0.3 is 47.7 Å². The first-order chi connectivity index (χ1) is 33.1. The molecule has 0 unspecified atom stereocenters. The van der Waals surface area contributed by atoms with E-state index in [2.05, 4.69) is 163 Å². The van der Waals surface area contributed by atoms with Crippen molar-refractivity contribution in [3.05, 3.63) is 155 Å². The molecule has 0 radical (unpaired) electrons. The maximum Gasteiger partial charge on any atom is 0.218 e. The van der Waals surface area contributed by atoms with Crippen LogP contribution in [0.15, 0.2) is 144 Å². The van der Waals surface area contributed by atoms with Gasteiger partial charge in [-0.15, -0.1) is 0 Å². The molecule has 4 aromatic rings. The molecule has 68 heavy (non-hydrogen) atoms. The maximum atomic E-state index is 6.14. The Labute approximate surface area is 404 Å². The van der Waals surface area contributed by atoms with Crippen LogP contribution in [0.3, 0.4) is 0 Å². The van der Waals surface area contributed by atoms with Gasteiger partial charge in [-0.05, 0) is 72.5 Å². The predicted octanol–water partition coefficient (Wildman–Crippen LogP) is 10.3. The Kier molecular flexibility index (Phi) is 17.9. The predicted molar refractivity (Wildman–Crippen MR) is 275 cm³/mol. The van der Waals surface area contributed by atoms with E-state index in [4.69, 9.17) is 37.9 Å². The van der Waals surface area contributed by atoms with Crippen LogP contribution in [0.5, 0.6) is 11.5 Å². The van der Waals surface area contributed by atoms with Crippen molar-refractivity contribution in [1.29, 1.82) is 0 Å². The summed E-state index contributed by atoms with van der Waals surface area (Å²) in [5, 5.41) is 0. The molecule has 7 rings (SSSR count). The SMILES string of the molecule is COCCOCCOCCN1C(=C/C=C2\CC/C(=C\C=C3\N(CCOCCOCCOC)c4ccc(OC)cc4C3(C)C)C2=[N+](c2ccccc2)c2ccccc2)C(C)(C)c2cc(OC)ccc21. The summed E-state index contributed by atoms with van der Waals surface area (Å²) in [6, 6.07) is 34.3. The molecule has 4 aromatic carbocycles. The van der Waals surface area contributed by atoms with Crippen LogP contribution in [0.4, 0.5) is 22.7 Å². The molecular formula is C57H72N3O8+. The van der Waals surface area contributed by atoms with Crippen LogP contribution in [0.25, 0.3) is 0 Å². The zero-order chi connectivity index (χ0) is 47.9. The topological polar surface area (TPSA) is 83.3 Å². The molecule has 0 saturated heterocycles. The maximum absolute atomic E-state index is 6.14. The first-order valence-corrected chi connectivity index (χ1v) is 24.0. The number of ether oxygens (including phenoxy) is 8. The average Bonchev–Trinajstić information content (AvgIpc) is 3.92. The Morgan fingerprint density at radius 2 is 0.853 bits per heavy atom. The quantitative estimate of drug-likeness (QED) is 0.0500. The van der Waals surface area contributed by atoms with Crippen LogP contribution >= 0.6 is 0 Å². The lowest BCUT2D eigenvalue weighted by molar-refractivity contribution is 0.0266. The highest BCUT2D eigenvalue weighted by Crippen LogP contribution is 2.50. The second-order valence-electron chi connectivity index (χ2n) is 18.1. The van der Waals surface area contributed by atoms with Crippen molar-refractivity contribution < 1.29 is 37.9 Å². The van der Waals surface area contributed by atoms with Crippen LogP contribution in [0.1, 0.15) is 51.7 Å². The lowest BCUT2D eigenvalue weighted by atomic mass is 9.83. The molecule has 11 heteroatoms. The number of rotatable bonds is 24. The van der Waals surface area contributed by atoms with Crippen molar-refractivity contribution >= 4 is 28.5 Å². The van der Waals surface area contributed by atoms with Gasteiger partial charge in [0.25, 0.3) is 0 Å². The van der Waals surface area contributed by atoms with Crippen LogP contribution in [-0.2, 0) is 39.3 Å². The minimum Gasteiger partial charge on any atom is -0.497 e. The minimum atomic E-state index is -0.305. The molecular weight excluding hydrogens is 855 g/mol. The molecule has 0 aromatic heterocycles. The third kappa shape index (κ3) is 11.7. The third-order valence-corrected chi connectivity index (χ3v) is 13.1.